The third kappa shape index (κ3) is 8.70. The number of aryl methyl sites for hydroxylation is 2. The summed E-state index contributed by atoms with van der Waals surface area (Å²) in [5, 5.41) is 12.1. The second-order valence-corrected chi connectivity index (χ2v) is 12.6. The summed E-state index contributed by atoms with van der Waals surface area (Å²) in [4.78, 5) is 52.4. The molecule has 264 valence electrons. The number of carbonyl (C=O) groups excluding carboxylic acids is 3. The van der Waals surface area contributed by atoms with Crippen LogP contribution in [-0.2, 0) is 11.2 Å². The zero-order valence-corrected chi connectivity index (χ0v) is 29.3. The number of carbonyl (C=O) groups is 2. The van der Waals surface area contributed by atoms with Crippen molar-refractivity contribution in [3.8, 4) is 11.5 Å². The molecular weight excluding hydrogens is 636 g/mol. The minimum atomic E-state index is -0.371. The summed E-state index contributed by atoms with van der Waals surface area (Å²) in [7, 11) is 5.26. The van der Waals surface area contributed by atoms with Gasteiger partial charge in [-0.05, 0) is 87.7 Å². The van der Waals surface area contributed by atoms with Gasteiger partial charge in [0.25, 0.3) is 11.8 Å². The second kappa shape index (κ2) is 17.0. The topological polar surface area (TPSA) is 140 Å². The van der Waals surface area contributed by atoms with Gasteiger partial charge < -0.3 is 39.6 Å². The number of aromatic nitrogens is 2. The number of nitrogens with one attached hydrogen (secondary N) is 2. The number of amides is 2. The summed E-state index contributed by atoms with van der Waals surface area (Å²) in [5.74, 6) is 3.11. The maximum Gasteiger partial charge on any atom is 0.258 e. The number of benzene rings is 3. The lowest BCUT2D eigenvalue weighted by atomic mass is 10.1. The Bertz CT molecular complexity index is 1860. The highest BCUT2D eigenvalue weighted by atomic mass is 16.5. The summed E-state index contributed by atoms with van der Waals surface area (Å²) in [5.41, 5.74) is 4.77. The van der Waals surface area contributed by atoms with E-state index < -0.39 is 0 Å². The molecule has 0 spiro atoms. The first-order valence-corrected chi connectivity index (χ1v) is 17.0. The summed E-state index contributed by atoms with van der Waals surface area (Å²) in [6.07, 6.45) is 3.32. The molecule has 0 saturated carbocycles. The lowest BCUT2D eigenvalue weighted by molar-refractivity contribution is 0.0990. The Morgan fingerprint density at radius 3 is 2.58 bits per heavy atom. The number of H-pyrrole nitrogens is 1. The average Bonchev–Trinajstić information content (AvgIpc) is 3.55. The van der Waals surface area contributed by atoms with Gasteiger partial charge in [0.2, 0.25) is 0 Å². The molecule has 2 heterocycles. The van der Waals surface area contributed by atoms with Gasteiger partial charge in [0.05, 0.1) is 41.9 Å². The first kappa shape index (κ1) is 36.1. The number of aliphatic hydroxyl groups excluding tert-OH is 1. The summed E-state index contributed by atoms with van der Waals surface area (Å²) in [6.45, 7) is 6.00. The molecule has 1 saturated heterocycles. The molecule has 1 fully saturated rings. The van der Waals surface area contributed by atoms with Crippen molar-refractivity contribution in [2.24, 2.45) is 0 Å². The smallest absolute Gasteiger partial charge is 0.258 e. The van der Waals surface area contributed by atoms with Crippen LogP contribution in [0.4, 0.5) is 11.4 Å². The highest BCUT2D eigenvalue weighted by Crippen LogP contribution is 2.32. The van der Waals surface area contributed by atoms with Gasteiger partial charge in [0.1, 0.15) is 28.8 Å². The Balaban J connectivity index is 1.23. The number of hydrogen-bond donors (Lipinski definition) is 3. The highest BCUT2D eigenvalue weighted by molar-refractivity contribution is 6.12. The van der Waals surface area contributed by atoms with E-state index in [1.807, 2.05) is 31.2 Å². The van der Waals surface area contributed by atoms with Crippen molar-refractivity contribution in [3.05, 3.63) is 82.8 Å². The van der Waals surface area contributed by atoms with E-state index >= 15 is 0 Å². The molecule has 12 nitrogen and oxygen atoms in total. The highest BCUT2D eigenvalue weighted by Gasteiger charge is 2.22. The second-order valence-electron chi connectivity index (χ2n) is 12.6. The van der Waals surface area contributed by atoms with E-state index in [9.17, 15) is 19.5 Å². The number of methoxy groups -OCH3 is 1. The molecule has 2 amide bonds. The summed E-state index contributed by atoms with van der Waals surface area (Å²) >= 11 is 0. The molecule has 50 heavy (non-hydrogen) atoms. The maximum absolute atomic E-state index is 13.7. The van der Waals surface area contributed by atoms with Crippen LogP contribution < -0.4 is 19.7 Å². The minimum Gasteiger partial charge on any atom is -0.495 e. The Labute approximate surface area is 292 Å². The minimum absolute atomic E-state index is 0.0548. The molecule has 3 aromatic carbocycles. The quantitative estimate of drug-likeness (QED) is 0.119. The van der Waals surface area contributed by atoms with Crippen LogP contribution >= 0.6 is 0 Å². The van der Waals surface area contributed by atoms with Crippen LogP contribution in [0.25, 0.3) is 11.0 Å². The molecule has 5 rings (SSSR count). The molecule has 3 N–H and O–H groups in total. The molecule has 0 unspecified atom stereocenters. The van der Waals surface area contributed by atoms with Gasteiger partial charge in [0.15, 0.2) is 0 Å². The summed E-state index contributed by atoms with van der Waals surface area (Å²) in [6, 6.07) is 15.9. The van der Waals surface area contributed by atoms with Crippen molar-refractivity contribution in [2.75, 3.05) is 70.8 Å². The Kier molecular flexibility index (Phi) is 12.3. The number of anilines is 2. The van der Waals surface area contributed by atoms with E-state index in [4.69, 9.17) is 9.47 Å². The van der Waals surface area contributed by atoms with Gasteiger partial charge in [-0.1, -0.05) is 12.1 Å². The molecule has 12 heteroatoms. The average molecular weight is 683 g/mol. The fourth-order valence-electron chi connectivity index (χ4n) is 5.99. The monoisotopic (exact) mass is 682 g/mol. The lowest BCUT2D eigenvalue weighted by Crippen LogP contribution is -2.44. The van der Waals surface area contributed by atoms with E-state index in [0.29, 0.717) is 71.2 Å². The number of aliphatic hydroxyl groups is 1. The predicted octanol–water partition coefficient (Wildman–Crippen LogP) is 4.85. The molecule has 0 bridgehead atoms. The first-order valence-electron chi connectivity index (χ1n) is 17.0. The van der Waals surface area contributed by atoms with E-state index in [-0.39, 0.29) is 18.4 Å². The number of allylic oxidation sites excluding steroid dienone is 1. The van der Waals surface area contributed by atoms with Gasteiger partial charge in [-0.15, -0.1) is 0 Å². The van der Waals surface area contributed by atoms with Crippen molar-refractivity contribution in [2.45, 2.75) is 39.0 Å². The van der Waals surface area contributed by atoms with Gasteiger partial charge in [-0.3, -0.25) is 9.59 Å². The Morgan fingerprint density at radius 2 is 1.84 bits per heavy atom. The maximum atomic E-state index is 13.7. The summed E-state index contributed by atoms with van der Waals surface area (Å²) < 4.78 is 11.8. The zero-order valence-electron chi connectivity index (χ0n) is 29.3. The molecule has 0 aliphatic carbocycles. The van der Waals surface area contributed by atoms with Gasteiger partial charge in [-0.25, -0.2) is 9.78 Å². The number of nitrogens with zero attached hydrogens (tertiary/aromatic N) is 4. The number of unbranched alkanes of at least 4 members (excludes halogenated alkanes) is 1. The number of ether oxygens (including phenoxy) is 2. The Morgan fingerprint density at radius 1 is 1.04 bits per heavy atom. The van der Waals surface area contributed by atoms with E-state index in [0.717, 1.165) is 55.8 Å². The van der Waals surface area contributed by atoms with Crippen LogP contribution in [0, 0.1) is 6.92 Å². The fourth-order valence-corrected chi connectivity index (χ4v) is 5.99. The van der Waals surface area contributed by atoms with Gasteiger partial charge in [-0.2, -0.15) is 0 Å². The van der Waals surface area contributed by atoms with Crippen LogP contribution in [0.3, 0.4) is 0 Å². The van der Waals surface area contributed by atoms with Crippen LogP contribution in [0.1, 0.15) is 57.8 Å². The number of rotatable bonds is 15. The molecule has 1 aliphatic heterocycles. The number of fused-ring (bicyclic) bond motifs is 1. The molecule has 0 atom stereocenters. The van der Waals surface area contributed by atoms with Crippen molar-refractivity contribution >= 4 is 40.2 Å². The van der Waals surface area contributed by atoms with Gasteiger partial charge >= 0.3 is 0 Å². The van der Waals surface area contributed by atoms with Crippen molar-refractivity contribution in [1.82, 2.24) is 19.8 Å². The van der Waals surface area contributed by atoms with Gasteiger partial charge in [0, 0.05) is 51.8 Å². The largest absolute Gasteiger partial charge is 0.495 e. The van der Waals surface area contributed by atoms with Crippen LogP contribution in [0.2, 0.25) is 0 Å². The van der Waals surface area contributed by atoms with Crippen LogP contribution in [-0.4, -0.2) is 103 Å². The number of imidazole rings is 1. The molecule has 1 aromatic heterocycles. The predicted molar refractivity (Wildman–Crippen MR) is 194 cm³/mol. The number of para-hydroxylation sites is 1. The first-order chi connectivity index (χ1) is 24.2. The lowest BCUT2D eigenvalue weighted by Gasteiger charge is -2.34. The van der Waals surface area contributed by atoms with Crippen molar-refractivity contribution < 1.29 is 29.0 Å². The van der Waals surface area contributed by atoms with E-state index in [2.05, 4.69) is 38.1 Å². The molecule has 4 aromatic rings. The SMILES string of the molecule is COc1cc(C(=O)N(C)c2ccc(C)cc2OCCCCC(=C=O)N2CCN(C)CC2)ccc1NC(=O)c1cccc2[nH]c(CCCO)nc12. The number of hydrogen-bond acceptors (Lipinski definition) is 9. The van der Waals surface area contributed by atoms with Crippen molar-refractivity contribution in [1.29, 1.82) is 0 Å². The Hall–Kier alpha value is -5.16. The third-order valence-corrected chi connectivity index (χ3v) is 8.92. The van der Waals surface area contributed by atoms with Crippen LogP contribution in [0.15, 0.2) is 60.3 Å². The number of likely N-dealkylation sites (N-methyl/N-ethyl adjacent to an activating group) is 1. The van der Waals surface area contributed by atoms with E-state index in [1.54, 1.807) is 37.4 Å². The van der Waals surface area contributed by atoms with E-state index in [1.165, 1.54) is 12.0 Å². The van der Waals surface area contributed by atoms with Crippen molar-refractivity contribution in [3.63, 3.8) is 0 Å². The fraction of sp³-hybridized carbons (Fsp3) is 0.395. The zero-order chi connectivity index (χ0) is 35.6. The third-order valence-electron chi connectivity index (χ3n) is 8.92. The standard InChI is InChI=1S/C38H46N6O6/c1-26-13-16-32(34(23-26)50-22-6-5-9-28(25-46)44-19-17-42(2)18-20-44)43(3)38(48)27-14-15-30(33(24-27)49-4)40-37(47)29-10-7-11-31-36(29)41-35(39-31)12-8-21-45/h7,10-11,13-16,23-24,45H,5-6,8-9,12,17-22H2,1-4H3,(H,39,41)(H,40,47). The number of piperazine rings is 1. The van der Waals surface area contributed by atoms with Crippen LogP contribution in [0.5, 0.6) is 11.5 Å². The normalized spacial score (nSPS) is 13.2. The number of aromatic amines is 1. The molecular formula is C38H46N6O6. The molecule has 1 aliphatic rings. The molecule has 0 radical (unpaired) electrons.